The van der Waals surface area contributed by atoms with E-state index in [2.05, 4.69) is 25.2 Å². The van der Waals surface area contributed by atoms with E-state index < -0.39 is 0 Å². The van der Waals surface area contributed by atoms with Crippen LogP contribution in [0.1, 0.15) is 25.7 Å². The number of nitrogens with zero attached hydrogens (tertiary/aromatic N) is 4. The van der Waals surface area contributed by atoms with E-state index in [1.165, 1.54) is 12.8 Å². The van der Waals surface area contributed by atoms with Gasteiger partial charge in [0.25, 0.3) is 0 Å². The molecule has 0 aromatic carbocycles. The molecule has 23 heavy (non-hydrogen) atoms. The molecule has 1 aliphatic heterocycles. The summed E-state index contributed by atoms with van der Waals surface area (Å²) in [7, 11) is 0. The minimum Gasteiger partial charge on any atom is -0.352 e. The van der Waals surface area contributed by atoms with Crippen molar-refractivity contribution in [1.29, 1.82) is 0 Å². The first-order valence-corrected chi connectivity index (χ1v) is 8.40. The molecule has 7 nitrogen and oxygen atoms in total. The Morgan fingerprint density at radius 1 is 1.17 bits per heavy atom. The Morgan fingerprint density at radius 3 is 2.74 bits per heavy atom. The van der Waals surface area contributed by atoms with Crippen molar-refractivity contribution in [3.05, 3.63) is 18.6 Å². The van der Waals surface area contributed by atoms with E-state index in [1.54, 1.807) is 6.33 Å². The molecule has 2 aromatic rings. The van der Waals surface area contributed by atoms with Gasteiger partial charge in [0, 0.05) is 38.4 Å². The normalized spacial score (nSPS) is 19.5. The monoisotopic (exact) mass is 314 g/mol. The zero-order valence-corrected chi connectivity index (χ0v) is 13.2. The Bertz CT molecular complexity index is 685. The number of H-pyrrole nitrogens is 1. The molecule has 2 fully saturated rings. The van der Waals surface area contributed by atoms with Gasteiger partial charge in [0.1, 0.15) is 17.8 Å². The number of hydrogen-bond acceptors (Lipinski definition) is 4. The first-order valence-electron chi connectivity index (χ1n) is 8.40. The number of hydrogen-bond donors (Lipinski definition) is 2. The molecule has 1 saturated heterocycles. The molecule has 4 rings (SSSR count). The molecule has 0 radical (unpaired) electrons. The number of piperazine rings is 1. The van der Waals surface area contributed by atoms with Gasteiger partial charge < -0.3 is 20.1 Å². The molecule has 2 N–H and O–H groups in total. The molecule has 1 aliphatic carbocycles. The molecule has 2 amide bonds. The lowest BCUT2D eigenvalue weighted by Gasteiger charge is -2.36. The largest absolute Gasteiger partial charge is 0.352 e. The fourth-order valence-corrected chi connectivity index (χ4v) is 3.57. The number of anilines is 1. The lowest BCUT2D eigenvalue weighted by molar-refractivity contribution is 0.190. The maximum Gasteiger partial charge on any atom is 0.317 e. The minimum absolute atomic E-state index is 0.0889. The van der Waals surface area contributed by atoms with Crippen molar-refractivity contribution < 1.29 is 4.79 Å². The average molecular weight is 314 g/mol. The third-order valence-corrected chi connectivity index (χ3v) is 4.88. The standard InChI is InChI=1S/C16H22N6O/c23-16(20-12-3-1-2-4-12)22-9-7-21(8-10-22)15-13-5-6-17-14(13)18-11-19-15/h5-6,11-12H,1-4,7-10H2,(H,20,23)(H,17,18,19). The molecule has 122 valence electrons. The molecule has 3 heterocycles. The van der Waals surface area contributed by atoms with Gasteiger partial charge in [-0.1, -0.05) is 12.8 Å². The summed E-state index contributed by atoms with van der Waals surface area (Å²) in [4.78, 5) is 28.3. The van der Waals surface area contributed by atoms with Crippen molar-refractivity contribution in [3.8, 4) is 0 Å². The molecule has 1 saturated carbocycles. The number of carbonyl (C=O) groups excluding carboxylic acids is 1. The van der Waals surface area contributed by atoms with Crippen molar-refractivity contribution in [2.75, 3.05) is 31.1 Å². The summed E-state index contributed by atoms with van der Waals surface area (Å²) < 4.78 is 0. The second-order valence-corrected chi connectivity index (χ2v) is 6.34. The Labute approximate surface area is 135 Å². The van der Waals surface area contributed by atoms with Crippen molar-refractivity contribution in [2.45, 2.75) is 31.7 Å². The van der Waals surface area contributed by atoms with Crippen LogP contribution in [0.15, 0.2) is 18.6 Å². The highest BCUT2D eigenvalue weighted by Crippen LogP contribution is 2.23. The van der Waals surface area contributed by atoms with Crippen LogP contribution in [0.5, 0.6) is 0 Å². The SMILES string of the molecule is O=C(NC1CCCC1)N1CCN(c2ncnc3[nH]ccc23)CC1. The summed E-state index contributed by atoms with van der Waals surface area (Å²) >= 11 is 0. The molecule has 7 heteroatoms. The molecule has 0 bridgehead atoms. The number of carbonyl (C=O) groups is 1. The van der Waals surface area contributed by atoms with Crippen LogP contribution in [0, 0.1) is 0 Å². The molecule has 0 unspecified atom stereocenters. The summed E-state index contributed by atoms with van der Waals surface area (Å²) in [5.41, 5.74) is 0.858. The summed E-state index contributed by atoms with van der Waals surface area (Å²) in [6.45, 7) is 3.06. The van der Waals surface area contributed by atoms with Crippen LogP contribution in [-0.4, -0.2) is 58.1 Å². The van der Waals surface area contributed by atoms with Crippen LogP contribution in [0.4, 0.5) is 10.6 Å². The number of nitrogens with one attached hydrogen (secondary N) is 2. The lowest BCUT2D eigenvalue weighted by atomic mass is 10.2. The van der Waals surface area contributed by atoms with E-state index in [-0.39, 0.29) is 6.03 Å². The minimum atomic E-state index is 0.0889. The summed E-state index contributed by atoms with van der Waals surface area (Å²) in [6, 6.07) is 2.47. The fourth-order valence-electron chi connectivity index (χ4n) is 3.57. The summed E-state index contributed by atoms with van der Waals surface area (Å²) in [5, 5.41) is 4.20. The van der Waals surface area contributed by atoms with Gasteiger partial charge in [-0.25, -0.2) is 14.8 Å². The Morgan fingerprint density at radius 2 is 1.96 bits per heavy atom. The van der Waals surface area contributed by atoms with Crippen molar-refractivity contribution in [2.24, 2.45) is 0 Å². The van der Waals surface area contributed by atoms with Crippen LogP contribution in [0.25, 0.3) is 11.0 Å². The first kappa shape index (κ1) is 14.3. The van der Waals surface area contributed by atoms with Gasteiger partial charge in [-0.15, -0.1) is 0 Å². The van der Waals surface area contributed by atoms with E-state index in [0.717, 1.165) is 55.9 Å². The third kappa shape index (κ3) is 2.83. The van der Waals surface area contributed by atoms with Gasteiger partial charge >= 0.3 is 6.03 Å². The molecule has 2 aromatic heterocycles. The van der Waals surface area contributed by atoms with Crippen LogP contribution in [0.3, 0.4) is 0 Å². The van der Waals surface area contributed by atoms with E-state index in [0.29, 0.717) is 6.04 Å². The van der Waals surface area contributed by atoms with E-state index in [4.69, 9.17) is 0 Å². The number of amides is 2. The highest BCUT2D eigenvalue weighted by molar-refractivity contribution is 5.87. The topological polar surface area (TPSA) is 77.2 Å². The quantitative estimate of drug-likeness (QED) is 0.885. The number of aromatic nitrogens is 3. The van der Waals surface area contributed by atoms with Crippen LogP contribution < -0.4 is 10.2 Å². The predicted octanol–water partition coefficient (Wildman–Crippen LogP) is 1.73. The van der Waals surface area contributed by atoms with Crippen molar-refractivity contribution >= 4 is 22.9 Å². The van der Waals surface area contributed by atoms with Gasteiger partial charge in [0.05, 0.1) is 5.39 Å². The van der Waals surface area contributed by atoms with Gasteiger partial charge in [0.2, 0.25) is 0 Å². The second kappa shape index (κ2) is 6.06. The Hall–Kier alpha value is -2.31. The highest BCUT2D eigenvalue weighted by Gasteiger charge is 2.25. The summed E-state index contributed by atoms with van der Waals surface area (Å²) in [6.07, 6.45) is 8.19. The maximum atomic E-state index is 12.3. The molecule has 0 spiro atoms. The number of urea groups is 1. The predicted molar refractivity (Wildman–Crippen MR) is 88.5 cm³/mol. The third-order valence-electron chi connectivity index (χ3n) is 4.88. The van der Waals surface area contributed by atoms with Gasteiger partial charge in [-0.2, -0.15) is 0 Å². The Kier molecular flexibility index (Phi) is 3.77. The van der Waals surface area contributed by atoms with Gasteiger partial charge in [-0.05, 0) is 18.9 Å². The van der Waals surface area contributed by atoms with E-state index in [9.17, 15) is 4.79 Å². The highest BCUT2D eigenvalue weighted by atomic mass is 16.2. The average Bonchev–Trinajstić information content (AvgIpc) is 3.25. The van der Waals surface area contributed by atoms with Crippen molar-refractivity contribution in [3.63, 3.8) is 0 Å². The van der Waals surface area contributed by atoms with Crippen molar-refractivity contribution in [1.82, 2.24) is 25.2 Å². The van der Waals surface area contributed by atoms with Crippen LogP contribution in [-0.2, 0) is 0 Å². The Balaban J connectivity index is 1.39. The molecule has 0 atom stereocenters. The first-order chi connectivity index (χ1) is 11.3. The van der Waals surface area contributed by atoms with Gasteiger partial charge in [0.15, 0.2) is 0 Å². The van der Waals surface area contributed by atoms with Crippen LogP contribution >= 0.6 is 0 Å². The summed E-state index contributed by atoms with van der Waals surface area (Å²) in [5.74, 6) is 0.951. The molecular formula is C16H22N6O. The smallest absolute Gasteiger partial charge is 0.317 e. The number of fused-ring (bicyclic) bond motifs is 1. The molecular weight excluding hydrogens is 292 g/mol. The van der Waals surface area contributed by atoms with E-state index in [1.807, 2.05) is 17.2 Å². The zero-order valence-electron chi connectivity index (χ0n) is 13.2. The second-order valence-electron chi connectivity index (χ2n) is 6.34. The fraction of sp³-hybridized carbons (Fsp3) is 0.562. The number of aromatic amines is 1. The maximum absolute atomic E-state index is 12.3. The number of rotatable bonds is 2. The van der Waals surface area contributed by atoms with Gasteiger partial charge in [-0.3, -0.25) is 0 Å². The lowest BCUT2D eigenvalue weighted by Crippen LogP contribution is -2.53. The van der Waals surface area contributed by atoms with E-state index >= 15 is 0 Å². The van der Waals surface area contributed by atoms with Crippen LogP contribution in [0.2, 0.25) is 0 Å². The zero-order chi connectivity index (χ0) is 15.6. The molecule has 2 aliphatic rings.